The first-order valence-corrected chi connectivity index (χ1v) is 16.3. The number of benzene rings is 2. The molecule has 0 spiro atoms. The van der Waals surface area contributed by atoms with E-state index in [0.29, 0.717) is 10.3 Å². The monoisotopic (exact) mass is 714 g/mol. The average Bonchev–Trinajstić information content (AvgIpc) is 3.55. The molecule has 4 heterocycles. The summed E-state index contributed by atoms with van der Waals surface area (Å²) in [7, 11) is -8.03. The van der Waals surface area contributed by atoms with E-state index in [4.69, 9.17) is 23.2 Å². The molecule has 21 heteroatoms. The van der Waals surface area contributed by atoms with Gasteiger partial charge in [0.1, 0.15) is 9.79 Å². The number of anilines is 2. The van der Waals surface area contributed by atoms with Gasteiger partial charge in [-0.15, -0.1) is 10.2 Å². The van der Waals surface area contributed by atoms with Crippen LogP contribution in [-0.4, -0.2) is 56.0 Å². The Morgan fingerprint density at radius 2 is 1.22 bits per heavy atom. The molecule has 46 heavy (non-hydrogen) atoms. The van der Waals surface area contributed by atoms with Gasteiger partial charge in [-0.1, -0.05) is 47.5 Å². The Bertz CT molecular complexity index is 2310. The molecule has 0 aliphatic carbocycles. The zero-order valence-electron chi connectivity index (χ0n) is 23.3. The summed E-state index contributed by atoms with van der Waals surface area (Å²) in [5.74, 6) is -0.684. The molecular weight excluding hydrogens is 696 g/mol. The van der Waals surface area contributed by atoms with Crippen LogP contribution in [0, 0.1) is 13.8 Å². The lowest BCUT2D eigenvalue weighted by Gasteiger charge is -2.08. The number of aryl methyl sites for hydroxylation is 2. The van der Waals surface area contributed by atoms with Gasteiger partial charge in [-0.3, -0.25) is 0 Å². The Balaban J connectivity index is 0.000000184. The first kappa shape index (κ1) is 32.8. The van der Waals surface area contributed by atoms with Crippen LogP contribution in [0.25, 0.3) is 11.6 Å². The van der Waals surface area contributed by atoms with Crippen LogP contribution in [0.3, 0.4) is 0 Å². The SMILES string of the molecule is Cc1cc(C(F)(F)F)n2nc(NS(=O)(=O)c3ccccc3Cl)nc2n1.Cc1ccnc2nc(NS(=O)(=O)c3ccccc3Cl)nn12. The Labute approximate surface area is 268 Å². The summed E-state index contributed by atoms with van der Waals surface area (Å²) in [6.07, 6.45) is -3.13. The molecule has 2 aromatic carbocycles. The fourth-order valence-corrected chi connectivity index (χ4v) is 6.78. The molecule has 14 nitrogen and oxygen atoms in total. The van der Waals surface area contributed by atoms with Crippen molar-refractivity contribution in [3.8, 4) is 0 Å². The summed E-state index contributed by atoms with van der Waals surface area (Å²) >= 11 is 11.7. The lowest BCUT2D eigenvalue weighted by atomic mass is 10.3. The summed E-state index contributed by atoms with van der Waals surface area (Å²) in [4.78, 5) is 15.3. The first-order chi connectivity index (χ1) is 21.5. The van der Waals surface area contributed by atoms with Crippen LogP contribution < -0.4 is 9.44 Å². The van der Waals surface area contributed by atoms with Crippen molar-refractivity contribution in [2.24, 2.45) is 0 Å². The maximum atomic E-state index is 13.1. The number of halogens is 5. The first-order valence-electron chi connectivity index (χ1n) is 12.6. The van der Waals surface area contributed by atoms with E-state index < -0.39 is 37.9 Å². The predicted octanol–water partition coefficient (Wildman–Crippen LogP) is 4.79. The fraction of sp³-hybridized carbons (Fsp3) is 0.120. The molecule has 0 atom stereocenters. The number of nitrogens with zero attached hydrogens (tertiary/aromatic N) is 8. The van der Waals surface area contributed by atoms with Crippen LogP contribution in [0.4, 0.5) is 25.1 Å². The average molecular weight is 716 g/mol. The number of rotatable bonds is 6. The molecule has 0 radical (unpaired) electrons. The number of alkyl halides is 3. The number of nitrogens with one attached hydrogen (secondary N) is 2. The van der Waals surface area contributed by atoms with Crippen molar-refractivity contribution in [2.75, 3.05) is 9.44 Å². The van der Waals surface area contributed by atoms with Crippen molar-refractivity contribution in [3.63, 3.8) is 0 Å². The highest BCUT2D eigenvalue weighted by molar-refractivity contribution is 7.93. The van der Waals surface area contributed by atoms with Crippen LogP contribution >= 0.6 is 23.2 Å². The van der Waals surface area contributed by atoms with Gasteiger partial charge >= 0.3 is 6.18 Å². The van der Waals surface area contributed by atoms with Gasteiger partial charge in [-0.2, -0.15) is 32.2 Å². The largest absolute Gasteiger partial charge is 0.433 e. The standard InChI is InChI=1S/C13H9ClF3N5O2S.C12H10ClN5O2S/c1-7-6-10(13(15,16)17)22-12(18-7)19-11(20-22)21-25(23,24)9-5-3-2-4-8(9)14;1-8-6-7-14-12-15-11(16-18(8)12)17-21(19,20)10-5-3-2-4-9(10)13/h2-6H,1H3,(H,20,21);2-7H,1H3,(H,16,17). The molecule has 0 aliphatic rings. The normalized spacial score (nSPS) is 12.2. The summed E-state index contributed by atoms with van der Waals surface area (Å²) in [6, 6.07) is 14.3. The number of fused-ring (bicyclic) bond motifs is 2. The predicted molar refractivity (Wildman–Crippen MR) is 161 cm³/mol. The minimum absolute atomic E-state index is 0.0322. The van der Waals surface area contributed by atoms with Gasteiger partial charge in [0.2, 0.25) is 0 Å². The van der Waals surface area contributed by atoms with E-state index in [0.717, 1.165) is 11.8 Å². The number of aromatic nitrogens is 8. The van der Waals surface area contributed by atoms with Crippen molar-refractivity contribution < 1.29 is 30.0 Å². The second kappa shape index (κ2) is 12.3. The maximum absolute atomic E-state index is 13.1. The van der Waals surface area contributed by atoms with E-state index in [9.17, 15) is 30.0 Å². The molecule has 0 saturated carbocycles. The third kappa shape index (κ3) is 6.96. The topological polar surface area (TPSA) is 178 Å². The van der Waals surface area contributed by atoms with Crippen molar-refractivity contribution in [1.29, 1.82) is 0 Å². The van der Waals surface area contributed by atoms with Crippen LogP contribution in [0.2, 0.25) is 10.0 Å². The molecule has 0 saturated heterocycles. The van der Waals surface area contributed by atoms with Gasteiger partial charge in [0.05, 0.1) is 10.0 Å². The summed E-state index contributed by atoms with van der Waals surface area (Å²) in [5, 5.41) is 7.69. The molecule has 6 aromatic rings. The molecule has 240 valence electrons. The molecule has 4 aromatic heterocycles. The van der Waals surface area contributed by atoms with Gasteiger partial charge in [0, 0.05) is 17.6 Å². The highest BCUT2D eigenvalue weighted by Crippen LogP contribution is 2.30. The number of hydrogen-bond donors (Lipinski definition) is 2. The van der Waals surface area contributed by atoms with Crippen LogP contribution in [0.15, 0.2) is 76.7 Å². The third-order valence-electron chi connectivity index (χ3n) is 5.86. The smallest absolute Gasteiger partial charge is 0.246 e. The lowest BCUT2D eigenvalue weighted by molar-refractivity contribution is -0.142. The van der Waals surface area contributed by atoms with Crippen molar-refractivity contribution in [3.05, 3.63) is 94.0 Å². The Kier molecular flexibility index (Phi) is 8.77. The van der Waals surface area contributed by atoms with E-state index >= 15 is 0 Å². The number of sulfonamides is 2. The van der Waals surface area contributed by atoms with Gasteiger partial charge < -0.3 is 0 Å². The highest BCUT2D eigenvalue weighted by atomic mass is 35.5. The van der Waals surface area contributed by atoms with Gasteiger partial charge in [-0.05, 0) is 50.2 Å². The van der Waals surface area contributed by atoms with Gasteiger partial charge in [0.25, 0.3) is 43.5 Å². The second-order valence-electron chi connectivity index (χ2n) is 9.23. The van der Waals surface area contributed by atoms with Crippen molar-refractivity contribution >= 4 is 66.7 Å². The molecule has 6 rings (SSSR count). The van der Waals surface area contributed by atoms with E-state index in [2.05, 4.69) is 34.9 Å². The highest BCUT2D eigenvalue weighted by Gasteiger charge is 2.35. The van der Waals surface area contributed by atoms with Crippen LogP contribution in [0.1, 0.15) is 17.1 Å². The van der Waals surface area contributed by atoms with E-state index in [-0.39, 0.29) is 37.3 Å². The summed E-state index contributed by atoms with van der Waals surface area (Å²) in [5.41, 5.74) is -0.269. The Hall–Kier alpha value is -4.59. The second-order valence-corrected chi connectivity index (χ2v) is 13.3. The molecule has 0 aliphatic heterocycles. The Morgan fingerprint density at radius 3 is 1.72 bits per heavy atom. The molecule has 0 unspecified atom stereocenters. The van der Waals surface area contributed by atoms with E-state index in [1.807, 2.05) is 11.6 Å². The summed E-state index contributed by atoms with van der Waals surface area (Å²) in [6.45, 7) is 3.17. The molecule has 0 amide bonds. The van der Waals surface area contributed by atoms with E-state index in [1.165, 1.54) is 47.8 Å². The van der Waals surface area contributed by atoms with Gasteiger partial charge in [-0.25, -0.2) is 36.2 Å². The van der Waals surface area contributed by atoms with Gasteiger partial charge in [0.15, 0.2) is 5.69 Å². The fourth-order valence-electron chi connectivity index (χ4n) is 3.86. The minimum Gasteiger partial charge on any atom is -0.246 e. The lowest BCUT2D eigenvalue weighted by Crippen LogP contribution is -2.15. The van der Waals surface area contributed by atoms with E-state index in [1.54, 1.807) is 24.4 Å². The molecule has 0 fully saturated rings. The van der Waals surface area contributed by atoms with Crippen LogP contribution in [-0.2, 0) is 26.2 Å². The summed E-state index contributed by atoms with van der Waals surface area (Å²) < 4.78 is 94.6. The number of hydrogen-bond acceptors (Lipinski definition) is 10. The zero-order chi connectivity index (χ0) is 33.4. The molecule has 2 N–H and O–H groups in total. The Morgan fingerprint density at radius 1 is 0.717 bits per heavy atom. The minimum atomic E-state index is -4.71. The maximum Gasteiger partial charge on any atom is 0.433 e. The molecular formula is C25H19Cl2F3N10O4S2. The third-order valence-corrected chi connectivity index (χ3v) is 9.52. The van der Waals surface area contributed by atoms with Crippen LogP contribution in [0.5, 0.6) is 0 Å². The van der Waals surface area contributed by atoms with Crippen molar-refractivity contribution in [1.82, 2.24) is 39.2 Å². The molecule has 0 bridgehead atoms. The van der Waals surface area contributed by atoms with Crippen molar-refractivity contribution in [2.45, 2.75) is 29.8 Å². The zero-order valence-corrected chi connectivity index (χ0v) is 26.4. The quantitative estimate of drug-likeness (QED) is 0.244.